The second-order valence-electron chi connectivity index (χ2n) is 4.81. The molecule has 0 spiro atoms. The summed E-state index contributed by atoms with van der Waals surface area (Å²) in [6.07, 6.45) is 0. The van der Waals surface area contributed by atoms with E-state index in [0.29, 0.717) is 21.7 Å². The van der Waals surface area contributed by atoms with Gasteiger partial charge in [0.1, 0.15) is 17.3 Å². The maximum absolute atomic E-state index is 13.2. The Balaban J connectivity index is 1.99. The average molecular weight is 412 g/mol. The van der Waals surface area contributed by atoms with Crippen molar-refractivity contribution in [3.8, 4) is 11.5 Å². The van der Waals surface area contributed by atoms with E-state index in [1.54, 1.807) is 18.2 Å². The number of hydrogen-bond donors (Lipinski definition) is 1. The fourth-order valence-corrected chi connectivity index (χ4v) is 2.36. The van der Waals surface area contributed by atoms with Crippen molar-refractivity contribution in [3.05, 3.63) is 52.3 Å². The highest BCUT2D eigenvalue weighted by atomic mass is 79.9. The summed E-state index contributed by atoms with van der Waals surface area (Å²) in [7, 11) is 2.96. The van der Waals surface area contributed by atoms with Crippen molar-refractivity contribution in [2.75, 3.05) is 26.1 Å². The smallest absolute Gasteiger partial charge is 0.339 e. The van der Waals surface area contributed by atoms with Crippen molar-refractivity contribution >= 4 is 33.5 Å². The van der Waals surface area contributed by atoms with Crippen molar-refractivity contribution in [1.82, 2.24) is 0 Å². The van der Waals surface area contributed by atoms with E-state index in [1.807, 2.05) is 0 Å². The van der Waals surface area contributed by atoms with Crippen LogP contribution in [-0.4, -0.2) is 32.7 Å². The molecule has 6 nitrogen and oxygen atoms in total. The zero-order chi connectivity index (χ0) is 18.4. The highest BCUT2D eigenvalue weighted by molar-refractivity contribution is 9.10. The molecule has 0 atom stereocenters. The highest BCUT2D eigenvalue weighted by Gasteiger charge is 2.15. The molecular weight excluding hydrogens is 397 g/mol. The first-order valence-electron chi connectivity index (χ1n) is 7.08. The topological polar surface area (TPSA) is 73.9 Å². The lowest BCUT2D eigenvalue weighted by Gasteiger charge is -2.12. The van der Waals surface area contributed by atoms with Gasteiger partial charge in [0.2, 0.25) is 0 Å². The van der Waals surface area contributed by atoms with E-state index < -0.39 is 24.3 Å². The predicted molar refractivity (Wildman–Crippen MR) is 92.6 cm³/mol. The molecule has 1 amide bonds. The first kappa shape index (κ1) is 18.7. The monoisotopic (exact) mass is 411 g/mol. The lowest BCUT2D eigenvalue weighted by molar-refractivity contribution is -0.119. The van der Waals surface area contributed by atoms with Crippen LogP contribution in [0.2, 0.25) is 0 Å². The number of methoxy groups -OCH3 is 2. The van der Waals surface area contributed by atoms with Gasteiger partial charge < -0.3 is 19.5 Å². The summed E-state index contributed by atoms with van der Waals surface area (Å²) in [4.78, 5) is 23.9. The van der Waals surface area contributed by atoms with E-state index in [4.69, 9.17) is 14.2 Å². The molecule has 0 saturated carbocycles. The predicted octanol–water partition coefficient (Wildman–Crippen LogP) is 3.40. The van der Waals surface area contributed by atoms with Crippen LogP contribution in [0.1, 0.15) is 10.4 Å². The van der Waals surface area contributed by atoms with Gasteiger partial charge in [-0.05, 0) is 46.3 Å². The van der Waals surface area contributed by atoms with Crippen molar-refractivity contribution in [2.45, 2.75) is 0 Å². The van der Waals surface area contributed by atoms with Crippen molar-refractivity contribution in [1.29, 1.82) is 0 Å². The van der Waals surface area contributed by atoms with Gasteiger partial charge in [0.05, 0.1) is 25.5 Å². The van der Waals surface area contributed by atoms with Gasteiger partial charge in [0, 0.05) is 10.5 Å². The largest absolute Gasteiger partial charge is 0.497 e. The van der Waals surface area contributed by atoms with Gasteiger partial charge in [-0.15, -0.1) is 0 Å². The summed E-state index contributed by atoms with van der Waals surface area (Å²) < 4.78 is 28.7. The van der Waals surface area contributed by atoms with Gasteiger partial charge in [-0.1, -0.05) is 0 Å². The highest BCUT2D eigenvalue weighted by Crippen LogP contribution is 2.29. The number of carbonyl (C=O) groups is 2. The van der Waals surface area contributed by atoms with Crippen LogP contribution in [0.3, 0.4) is 0 Å². The summed E-state index contributed by atoms with van der Waals surface area (Å²) in [5.74, 6) is -1.00. The number of carbonyl (C=O) groups excluding carboxylic acids is 2. The molecular formula is C17H15BrFNO5. The summed E-state index contributed by atoms with van der Waals surface area (Å²) in [6, 6.07) is 8.45. The standard InChI is InChI=1S/C17H15BrFNO5/c1-23-11-4-6-14(15(8-11)24-2)20-16(21)9-25-17(22)12-7-10(19)3-5-13(12)18/h3-8H,9H2,1-2H3,(H,20,21). The molecule has 0 unspecified atom stereocenters. The maximum atomic E-state index is 13.2. The van der Waals surface area contributed by atoms with E-state index in [-0.39, 0.29) is 5.56 Å². The first-order chi connectivity index (χ1) is 11.9. The number of halogens is 2. The number of nitrogens with one attached hydrogen (secondary N) is 1. The van der Waals surface area contributed by atoms with Crippen molar-refractivity contribution in [3.63, 3.8) is 0 Å². The third-order valence-corrected chi connectivity index (χ3v) is 3.86. The molecule has 1 N–H and O–H groups in total. The molecule has 0 saturated heterocycles. The maximum Gasteiger partial charge on any atom is 0.339 e. The fourth-order valence-electron chi connectivity index (χ4n) is 1.95. The minimum Gasteiger partial charge on any atom is -0.497 e. The van der Waals surface area contributed by atoms with Gasteiger partial charge in [-0.3, -0.25) is 4.79 Å². The molecule has 0 aliphatic heterocycles. The number of esters is 1. The summed E-state index contributed by atoms with van der Waals surface area (Å²) in [5.41, 5.74) is 0.395. The molecule has 2 aromatic carbocycles. The van der Waals surface area contributed by atoms with Gasteiger partial charge in [-0.25, -0.2) is 9.18 Å². The Morgan fingerprint density at radius 1 is 1.12 bits per heavy atom. The summed E-state index contributed by atoms with van der Waals surface area (Å²) in [5, 5.41) is 2.56. The zero-order valence-electron chi connectivity index (χ0n) is 13.5. The number of amides is 1. The molecule has 2 aromatic rings. The Bertz CT molecular complexity index is 797. The molecule has 8 heteroatoms. The van der Waals surface area contributed by atoms with Gasteiger partial charge in [0.15, 0.2) is 6.61 Å². The normalized spacial score (nSPS) is 10.1. The fraction of sp³-hybridized carbons (Fsp3) is 0.176. The Kier molecular flexibility index (Phi) is 6.35. The van der Waals surface area contributed by atoms with E-state index in [1.165, 1.54) is 26.4 Å². The number of ether oxygens (including phenoxy) is 3. The summed E-state index contributed by atoms with van der Waals surface area (Å²) in [6.45, 7) is -0.531. The van der Waals surface area contributed by atoms with Crippen LogP contribution in [-0.2, 0) is 9.53 Å². The Morgan fingerprint density at radius 2 is 1.88 bits per heavy atom. The molecule has 0 fully saturated rings. The minimum absolute atomic E-state index is 0.00479. The molecule has 2 rings (SSSR count). The van der Waals surface area contributed by atoms with Gasteiger partial charge >= 0.3 is 5.97 Å². The van der Waals surface area contributed by atoms with Crippen LogP contribution in [0.25, 0.3) is 0 Å². The second kappa shape index (κ2) is 8.48. The molecule has 0 aliphatic rings. The lowest BCUT2D eigenvalue weighted by atomic mass is 10.2. The van der Waals surface area contributed by atoms with Gasteiger partial charge in [0.25, 0.3) is 5.91 Å². The van der Waals surface area contributed by atoms with Crippen molar-refractivity contribution in [2.24, 2.45) is 0 Å². The van der Waals surface area contributed by atoms with E-state index in [2.05, 4.69) is 21.2 Å². The third kappa shape index (κ3) is 4.93. The number of anilines is 1. The van der Waals surface area contributed by atoms with Crippen LogP contribution in [0.4, 0.5) is 10.1 Å². The third-order valence-electron chi connectivity index (χ3n) is 3.17. The van der Waals surface area contributed by atoms with Gasteiger partial charge in [-0.2, -0.15) is 0 Å². The Morgan fingerprint density at radius 3 is 2.56 bits per heavy atom. The number of benzene rings is 2. The van der Waals surface area contributed by atoms with Crippen LogP contribution >= 0.6 is 15.9 Å². The second-order valence-corrected chi connectivity index (χ2v) is 5.67. The van der Waals surface area contributed by atoms with Crippen LogP contribution < -0.4 is 14.8 Å². The van der Waals surface area contributed by atoms with Crippen LogP contribution in [0.15, 0.2) is 40.9 Å². The zero-order valence-corrected chi connectivity index (χ0v) is 15.1. The Hall–Kier alpha value is -2.61. The van der Waals surface area contributed by atoms with Crippen LogP contribution in [0.5, 0.6) is 11.5 Å². The SMILES string of the molecule is COc1ccc(NC(=O)COC(=O)c2cc(F)ccc2Br)c(OC)c1. The molecule has 0 aliphatic carbocycles. The minimum atomic E-state index is -0.816. The average Bonchev–Trinajstić information content (AvgIpc) is 2.62. The quantitative estimate of drug-likeness (QED) is 0.737. The molecule has 0 radical (unpaired) electrons. The lowest BCUT2D eigenvalue weighted by Crippen LogP contribution is -2.21. The molecule has 25 heavy (non-hydrogen) atoms. The number of hydrogen-bond acceptors (Lipinski definition) is 5. The summed E-state index contributed by atoms with van der Waals surface area (Å²) >= 11 is 3.13. The van der Waals surface area contributed by atoms with Crippen LogP contribution in [0, 0.1) is 5.82 Å². The van der Waals surface area contributed by atoms with E-state index in [0.717, 1.165) is 6.07 Å². The molecule has 0 bridgehead atoms. The number of rotatable bonds is 6. The van der Waals surface area contributed by atoms with Crippen molar-refractivity contribution < 1.29 is 28.2 Å². The molecule has 0 aromatic heterocycles. The first-order valence-corrected chi connectivity index (χ1v) is 7.88. The molecule has 0 heterocycles. The van der Waals surface area contributed by atoms with E-state index in [9.17, 15) is 14.0 Å². The van der Waals surface area contributed by atoms with E-state index >= 15 is 0 Å². The molecule has 132 valence electrons. The Labute approximate surface area is 152 Å².